The molecule has 2 aliphatic heterocycles. The van der Waals surface area contributed by atoms with E-state index in [1.807, 2.05) is 0 Å². The standard InChI is InChI=1S/C21H14ClFN4O2/c22-15-4-2-14(3-5-15)21-17-12-24-8-7-16(17)20(29)27(21)10-9-26(21)19(28)13-1-6-18(23)25-11-13/h1-8,11-12H,9-10H2/t21-/m1/s1. The number of hydrogen-bond donors (Lipinski definition) is 0. The summed E-state index contributed by atoms with van der Waals surface area (Å²) in [5.74, 6) is -1.17. The van der Waals surface area contributed by atoms with Crippen LogP contribution in [0, 0.1) is 5.95 Å². The van der Waals surface area contributed by atoms with Crippen LogP contribution >= 0.6 is 11.6 Å². The Morgan fingerprint density at radius 3 is 2.59 bits per heavy atom. The molecule has 3 aromatic rings. The Labute approximate surface area is 170 Å². The molecule has 29 heavy (non-hydrogen) atoms. The van der Waals surface area contributed by atoms with Crippen molar-refractivity contribution in [3.8, 4) is 0 Å². The number of pyridine rings is 2. The first-order chi connectivity index (χ1) is 14.0. The summed E-state index contributed by atoms with van der Waals surface area (Å²) in [6, 6.07) is 11.3. The molecule has 8 heteroatoms. The number of fused-ring (bicyclic) bond motifs is 3. The Morgan fingerprint density at radius 2 is 1.86 bits per heavy atom. The number of carbonyl (C=O) groups excluding carboxylic acids is 2. The second-order valence-electron chi connectivity index (χ2n) is 6.88. The Balaban J connectivity index is 1.74. The fourth-order valence-electron chi connectivity index (χ4n) is 4.27. The van der Waals surface area contributed by atoms with Gasteiger partial charge in [-0.1, -0.05) is 23.7 Å². The molecule has 4 heterocycles. The maximum absolute atomic E-state index is 13.4. The van der Waals surface area contributed by atoms with Crippen LogP contribution in [0.15, 0.2) is 61.1 Å². The monoisotopic (exact) mass is 408 g/mol. The topological polar surface area (TPSA) is 66.4 Å². The lowest BCUT2D eigenvalue weighted by Gasteiger charge is -2.40. The zero-order chi connectivity index (χ0) is 20.2. The van der Waals surface area contributed by atoms with Crippen LogP contribution in [0.4, 0.5) is 4.39 Å². The molecule has 1 saturated heterocycles. The number of benzene rings is 1. The highest BCUT2D eigenvalue weighted by atomic mass is 35.5. The molecule has 2 aromatic heterocycles. The van der Waals surface area contributed by atoms with Gasteiger partial charge in [0.15, 0.2) is 5.66 Å². The predicted molar refractivity (Wildman–Crippen MR) is 103 cm³/mol. The molecule has 5 rings (SSSR count). The highest BCUT2D eigenvalue weighted by molar-refractivity contribution is 6.30. The van der Waals surface area contributed by atoms with Crippen LogP contribution in [-0.2, 0) is 5.66 Å². The minimum absolute atomic E-state index is 0.162. The Hall–Kier alpha value is -3.32. The second-order valence-corrected chi connectivity index (χ2v) is 7.32. The number of nitrogens with zero attached hydrogens (tertiary/aromatic N) is 4. The Kier molecular flexibility index (Phi) is 3.89. The van der Waals surface area contributed by atoms with Gasteiger partial charge in [-0.2, -0.15) is 4.39 Å². The van der Waals surface area contributed by atoms with Crippen molar-refractivity contribution in [2.45, 2.75) is 5.66 Å². The van der Waals surface area contributed by atoms with Crippen LogP contribution in [0.2, 0.25) is 5.02 Å². The van der Waals surface area contributed by atoms with Gasteiger partial charge in [0, 0.05) is 47.8 Å². The molecule has 144 valence electrons. The van der Waals surface area contributed by atoms with Crippen molar-refractivity contribution in [3.05, 3.63) is 94.3 Å². The van der Waals surface area contributed by atoms with Crippen molar-refractivity contribution in [3.63, 3.8) is 0 Å². The number of hydrogen-bond acceptors (Lipinski definition) is 4. The average molecular weight is 409 g/mol. The quantitative estimate of drug-likeness (QED) is 0.611. The van der Waals surface area contributed by atoms with Crippen LogP contribution in [0.1, 0.15) is 31.8 Å². The SMILES string of the molecule is O=C(c1ccc(F)nc1)N1CCN2C(=O)c3ccncc3[C@]12c1ccc(Cl)cc1. The summed E-state index contributed by atoms with van der Waals surface area (Å²) in [5, 5.41) is 0.547. The summed E-state index contributed by atoms with van der Waals surface area (Å²) in [6.45, 7) is 0.676. The van der Waals surface area contributed by atoms with Crippen molar-refractivity contribution >= 4 is 23.4 Å². The van der Waals surface area contributed by atoms with Gasteiger partial charge in [-0.3, -0.25) is 14.6 Å². The van der Waals surface area contributed by atoms with Gasteiger partial charge >= 0.3 is 0 Å². The second kappa shape index (κ2) is 6.35. The molecular weight excluding hydrogens is 395 g/mol. The van der Waals surface area contributed by atoms with E-state index >= 15 is 0 Å². The van der Waals surface area contributed by atoms with Gasteiger partial charge in [0.25, 0.3) is 11.8 Å². The van der Waals surface area contributed by atoms with Crippen LogP contribution in [-0.4, -0.2) is 44.7 Å². The molecule has 0 unspecified atom stereocenters. The van der Waals surface area contributed by atoms with Gasteiger partial charge in [-0.05, 0) is 30.3 Å². The molecule has 0 spiro atoms. The van der Waals surface area contributed by atoms with Crippen LogP contribution < -0.4 is 0 Å². The summed E-state index contributed by atoms with van der Waals surface area (Å²) in [5.41, 5.74) is 0.962. The molecule has 0 saturated carbocycles. The number of carbonyl (C=O) groups is 2. The number of amides is 2. The highest BCUT2D eigenvalue weighted by Crippen LogP contribution is 2.49. The van der Waals surface area contributed by atoms with E-state index in [4.69, 9.17) is 11.6 Å². The first-order valence-corrected chi connectivity index (χ1v) is 9.37. The molecule has 1 atom stereocenters. The van der Waals surface area contributed by atoms with Crippen molar-refractivity contribution in [1.82, 2.24) is 19.8 Å². The summed E-state index contributed by atoms with van der Waals surface area (Å²) in [4.78, 5) is 37.7. The average Bonchev–Trinajstić information content (AvgIpc) is 3.25. The van der Waals surface area contributed by atoms with Crippen molar-refractivity contribution in [1.29, 1.82) is 0 Å². The van der Waals surface area contributed by atoms with Crippen LogP contribution in [0.5, 0.6) is 0 Å². The number of aromatic nitrogens is 2. The lowest BCUT2D eigenvalue weighted by atomic mass is 9.90. The van der Waals surface area contributed by atoms with E-state index in [9.17, 15) is 14.0 Å². The first kappa shape index (κ1) is 17.8. The number of rotatable bonds is 2. The fraction of sp³-hybridized carbons (Fsp3) is 0.143. The maximum atomic E-state index is 13.4. The summed E-state index contributed by atoms with van der Waals surface area (Å²) >= 11 is 6.08. The zero-order valence-corrected chi connectivity index (χ0v) is 15.8. The Bertz CT molecular complexity index is 1140. The third-order valence-electron chi connectivity index (χ3n) is 5.47. The van der Waals surface area contributed by atoms with Gasteiger partial charge in [-0.15, -0.1) is 0 Å². The highest BCUT2D eigenvalue weighted by Gasteiger charge is 2.59. The van der Waals surface area contributed by atoms with Gasteiger partial charge in [0.05, 0.1) is 11.1 Å². The molecule has 0 bridgehead atoms. The minimum atomic E-state index is -1.14. The van der Waals surface area contributed by atoms with E-state index in [0.717, 1.165) is 11.6 Å². The summed E-state index contributed by atoms with van der Waals surface area (Å²) in [7, 11) is 0. The normalized spacial score (nSPS) is 20.0. The van der Waals surface area contributed by atoms with E-state index in [1.54, 1.807) is 52.5 Å². The van der Waals surface area contributed by atoms with E-state index in [1.165, 1.54) is 12.3 Å². The lowest BCUT2D eigenvalue weighted by molar-refractivity contribution is 0.0374. The van der Waals surface area contributed by atoms with Crippen LogP contribution in [0.3, 0.4) is 0 Å². The fourth-order valence-corrected chi connectivity index (χ4v) is 4.39. The van der Waals surface area contributed by atoms with Gasteiger partial charge in [0.2, 0.25) is 5.95 Å². The molecule has 6 nitrogen and oxygen atoms in total. The summed E-state index contributed by atoms with van der Waals surface area (Å²) in [6.07, 6.45) is 4.39. The summed E-state index contributed by atoms with van der Waals surface area (Å²) < 4.78 is 13.3. The van der Waals surface area contributed by atoms with Gasteiger partial charge in [0.1, 0.15) is 0 Å². The first-order valence-electron chi connectivity index (χ1n) is 8.99. The van der Waals surface area contributed by atoms with Gasteiger partial charge in [-0.25, -0.2) is 4.98 Å². The maximum Gasteiger partial charge on any atom is 0.257 e. The number of halogens is 2. The molecule has 0 N–H and O–H groups in total. The molecule has 1 aromatic carbocycles. The minimum Gasteiger partial charge on any atom is -0.306 e. The van der Waals surface area contributed by atoms with E-state index in [0.29, 0.717) is 29.2 Å². The molecule has 2 amide bonds. The van der Waals surface area contributed by atoms with Crippen LogP contribution in [0.25, 0.3) is 0 Å². The van der Waals surface area contributed by atoms with Gasteiger partial charge < -0.3 is 9.80 Å². The molecule has 0 radical (unpaired) electrons. The third-order valence-corrected chi connectivity index (χ3v) is 5.72. The van der Waals surface area contributed by atoms with Crippen molar-refractivity contribution in [2.75, 3.05) is 13.1 Å². The van der Waals surface area contributed by atoms with Crippen molar-refractivity contribution in [2.24, 2.45) is 0 Å². The lowest BCUT2D eigenvalue weighted by Crippen LogP contribution is -2.51. The van der Waals surface area contributed by atoms with E-state index < -0.39 is 11.6 Å². The molecule has 1 fully saturated rings. The third kappa shape index (κ3) is 2.40. The Morgan fingerprint density at radius 1 is 1.07 bits per heavy atom. The molecule has 2 aliphatic rings. The van der Waals surface area contributed by atoms with E-state index in [2.05, 4.69) is 9.97 Å². The molecular formula is C21H14ClFN4O2. The van der Waals surface area contributed by atoms with Crippen molar-refractivity contribution < 1.29 is 14.0 Å². The van der Waals surface area contributed by atoms with E-state index in [-0.39, 0.29) is 17.4 Å². The molecule has 0 aliphatic carbocycles. The smallest absolute Gasteiger partial charge is 0.257 e. The zero-order valence-electron chi connectivity index (χ0n) is 15.0. The predicted octanol–water partition coefficient (Wildman–Crippen LogP) is 3.08. The largest absolute Gasteiger partial charge is 0.306 e.